The Morgan fingerprint density at radius 1 is 1.29 bits per heavy atom. The fourth-order valence-corrected chi connectivity index (χ4v) is 2.79. The van der Waals surface area contributed by atoms with Crippen LogP contribution < -0.4 is 10.0 Å². The van der Waals surface area contributed by atoms with E-state index in [9.17, 15) is 26.0 Å². The van der Waals surface area contributed by atoms with Crippen molar-refractivity contribution in [2.24, 2.45) is 0 Å². The standard InChI is InChI=1S/C14H20F4N2O3S/c1-10(19-2)7-20-24(21,22)12-5-3-4-11(6-12)8-23-9-14(17,18)13(15)16/h3-6,10,13,19-20H,7-9H2,1-2H3. The van der Waals surface area contributed by atoms with Crippen molar-refractivity contribution in [3.8, 4) is 0 Å². The highest BCUT2D eigenvalue weighted by Gasteiger charge is 2.40. The van der Waals surface area contributed by atoms with Crippen molar-refractivity contribution in [2.45, 2.75) is 36.8 Å². The average Bonchev–Trinajstić information content (AvgIpc) is 2.52. The van der Waals surface area contributed by atoms with Gasteiger partial charge in [0, 0.05) is 12.6 Å². The summed E-state index contributed by atoms with van der Waals surface area (Å²) in [4.78, 5) is -0.0625. The molecule has 0 bridgehead atoms. The van der Waals surface area contributed by atoms with Gasteiger partial charge >= 0.3 is 12.3 Å². The van der Waals surface area contributed by atoms with Gasteiger partial charge in [0.2, 0.25) is 10.0 Å². The van der Waals surface area contributed by atoms with E-state index in [1.54, 1.807) is 14.0 Å². The second kappa shape index (κ2) is 8.75. The van der Waals surface area contributed by atoms with Crippen LogP contribution in [0.15, 0.2) is 29.2 Å². The van der Waals surface area contributed by atoms with Crippen molar-refractivity contribution in [2.75, 3.05) is 20.2 Å². The second-order valence-corrected chi connectivity index (χ2v) is 7.01. The molecule has 1 unspecified atom stereocenters. The molecule has 1 aromatic carbocycles. The van der Waals surface area contributed by atoms with Crippen LogP contribution >= 0.6 is 0 Å². The third-order valence-electron chi connectivity index (χ3n) is 3.16. The fourth-order valence-electron chi connectivity index (χ4n) is 1.59. The van der Waals surface area contributed by atoms with Crippen LogP contribution in [0, 0.1) is 0 Å². The molecule has 1 rings (SSSR count). The van der Waals surface area contributed by atoms with Gasteiger partial charge < -0.3 is 10.1 Å². The number of alkyl halides is 4. The number of ether oxygens (including phenoxy) is 1. The molecule has 0 amide bonds. The summed E-state index contributed by atoms with van der Waals surface area (Å²) in [7, 11) is -2.08. The van der Waals surface area contributed by atoms with Crippen molar-refractivity contribution in [1.29, 1.82) is 0 Å². The van der Waals surface area contributed by atoms with Gasteiger partial charge in [0.1, 0.15) is 6.61 Å². The lowest BCUT2D eigenvalue weighted by atomic mass is 10.2. The molecule has 1 aromatic rings. The molecule has 10 heteroatoms. The Bertz CT molecular complexity index is 626. The first-order valence-electron chi connectivity index (χ1n) is 7.08. The van der Waals surface area contributed by atoms with Crippen LogP contribution in [-0.4, -0.2) is 47.0 Å². The quantitative estimate of drug-likeness (QED) is 0.617. The zero-order chi connectivity index (χ0) is 18.4. The molecule has 0 saturated carbocycles. The van der Waals surface area contributed by atoms with Crippen LogP contribution in [0.4, 0.5) is 17.6 Å². The molecule has 1 atom stereocenters. The van der Waals surface area contributed by atoms with Gasteiger partial charge in [-0.1, -0.05) is 12.1 Å². The molecule has 2 N–H and O–H groups in total. The van der Waals surface area contributed by atoms with Gasteiger partial charge in [0.15, 0.2) is 0 Å². The summed E-state index contributed by atoms with van der Waals surface area (Å²) in [5.74, 6) is -4.24. The van der Waals surface area contributed by atoms with Crippen LogP contribution in [0.3, 0.4) is 0 Å². The maximum atomic E-state index is 12.7. The summed E-state index contributed by atoms with van der Waals surface area (Å²) in [6.07, 6.45) is -3.82. The molecular formula is C14H20F4N2O3S. The Balaban J connectivity index is 2.69. The topological polar surface area (TPSA) is 67.4 Å². The van der Waals surface area contributed by atoms with Crippen LogP contribution in [0.5, 0.6) is 0 Å². The Hall–Kier alpha value is -1.23. The molecule has 0 saturated heterocycles. The van der Waals surface area contributed by atoms with E-state index in [1.807, 2.05) is 0 Å². The molecule has 0 spiro atoms. The van der Waals surface area contributed by atoms with Crippen molar-refractivity contribution in [3.05, 3.63) is 29.8 Å². The van der Waals surface area contributed by atoms with Crippen molar-refractivity contribution < 1.29 is 30.7 Å². The van der Waals surface area contributed by atoms with E-state index in [2.05, 4.69) is 14.8 Å². The maximum Gasteiger partial charge on any atom is 0.330 e. The number of likely N-dealkylation sites (N-methyl/N-ethyl adjacent to an activating group) is 1. The summed E-state index contributed by atoms with van der Waals surface area (Å²) in [5.41, 5.74) is 0.282. The number of rotatable bonds is 10. The predicted molar refractivity (Wildman–Crippen MR) is 80.8 cm³/mol. The van der Waals surface area contributed by atoms with Gasteiger partial charge in [-0.15, -0.1) is 0 Å². The number of sulfonamides is 1. The molecule has 0 aliphatic rings. The zero-order valence-corrected chi connectivity index (χ0v) is 14.0. The van der Waals surface area contributed by atoms with E-state index in [-0.39, 0.29) is 23.0 Å². The Labute approximate surface area is 138 Å². The molecular weight excluding hydrogens is 352 g/mol. The number of halogens is 4. The highest BCUT2D eigenvalue weighted by atomic mass is 32.2. The summed E-state index contributed by atoms with van der Waals surface area (Å²) in [6.45, 7) is 0.105. The van der Waals surface area contributed by atoms with Crippen LogP contribution in [0.1, 0.15) is 12.5 Å². The van der Waals surface area contributed by atoms with Crippen molar-refractivity contribution in [1.82, 2.24) is 10.0 Å². The highest BCUT2D eigenvalue weighted by Crippen LogP contribution is 2.23. The van der Waals surface area contributed by atoms with E-state index in [1.165, 1.54) is 24.3 Å². The summed E-state index contributed by atoms with van der Waals surface area (Å²) in [6, 6.07) is 5.37. The maximum absolute atomic E-state index is 12.7. The third-order valence-corrected chi connectivity index (χ3v) is 4.58. The number of hydrogen-bond acceptors (Lipinski definition) is 4. The van der Waals surface area contributed by atoms with E-state index in [0.717, 1.165) is 0 Å². The molecule has 0 aliphatic heterocycles. The molecule has 0 aromatic heterocycles. The normalized spacial score (nSPS) is 14.1. The lowest BCUT2D eigenvalue weighted by Crippen LogP contribution is -2.37. The number of hydrogen-bond donors (Lipinski definition) is 2. The van der Waals surface area contributed by atoms with E-state index in [4.69, 9.17) is 0 Å². The van der Waals surface area contributed by atoms with Gasteiger partial charge in [0.05, 0.1) is 11.5 Å². The van der Waals surface area contributed by atoms with Gasteiger partial charge in [-0.3, -0.25) is 0 Å². The molecule has 0 heterocycles. The average molecular weight is 372 g/mol. The monoisotopic (exact) mass is 372 g/mol. The van der Waals surface area contributed by atoms with Crippen LogP contribution in [0.25, 0.3) is 0 Å². The zero-order valence-electron chi connectivity index (χ0n) is 13.2. The van der Waals surface area contributed by atoms with E-state index < -0.39 is 35.6 Å². The van der Waals surface area contributed by atoms with E-state index in [0.29, 0.717) is 0 Å². The van der Waals surface area contributed by atoms with Gasteiger partial charge in [-0.05, 0) is 31.7 Å². The first kappa shape index (κ1) is 20.8. The minimum atomic E-state index is -4.24. The predicted octanol–water partition coefficient (Wildman–Crippen LogP) is 1.99. The van der Waals surface area contributed by atoms with Crippen molar-refractivity contribution in [3.63, 3.8) is 0 Å². The van der Waals surface area contributed by atoms with Crippen LogP contribution in [0.2, 0.25) is 0 Å². The minimum absolute atomic E-state index is 0.0625. The second-order valence-electron chi connectivity index (χ2n) is 5.24. The highest BCUT2D eigenvalue weighted by molar-refractivity contribution is 7.89. The lowest BCUT2D eigenvalue weighted by Gasteiger charge is -2.15. The third kappa shape index (κ3) is 6.34. The first-order valence-corrected chi connectivity index (χ1v) is 8.56. The largest absolute Gasteiger partial charge is 0.370 e. The molecule has 0 radical (unpaired) electrons. The van der Waals surface area contributed by atoms with Crippen molar-refractivity contribution >= 4 is 10.0 Å². The Kier molecular flexibility index (Phi) is 7.58. The lowest BCUT2D eigenvalue weighted by molar-refractivity contribution is -0.168. The van der Waals surface area contributed by atoms with Gasteiger partial charge in [-0.2, -0.15) is 8.78 Å². The summed E-state index contributed by atoms with van der Waals surface area (Å²) >= 11 is 0. The number of nitrogens with one attached hydrogen (secondary N) is 2. The molecule has 0 aliphatic carbocycles. The fraction of sp³-hybridized carbons (Fsp3) is 0.571. The molecule has 138 valence electrons. The SMILES string of the molecule is CNC(C)CNS(=O)(=O)c1cccc(COCC(F)(F)C(F)F)c1. The van der Waals surface area contributed by atoms with Gasteiger partial charge in [-0.25, -0.2) is 21.9 Å². The van der Waals surface area contributed by atoms with Gasteiger partial charge in [0.25, 0.3) is 0 Å². The molecule has 24 heavy (non-hydrogen) atoms. The Morgan fingerprint density at radius 3 is 2.54 bits per heavy atom. The smallest absolute Gasteiger partial charge is 0.330 e. The van der Waals surface area contributed by atoms with E-state index >= 15 is 0 Å². The van der Waals surface area contributed by atoms with Crippen LogP contribution in [-0.2, 0) is 21.4 Å². The first-order chi connectivity index (χ1) is 11.1. The number of benzene rings is 1. The minimum Gasteiger partial charge on any atom is -0.370 e. The summed E-state index contributed by atoms with van der Waals surface area (Å²) < 4.78 is 80.7. The molecule has 5 nitrogen and oxygen atoms in total. The molecule has 0 fully saturated rings. The summed E-state index contributed by atoms with van der Waals surface area (Å²) in [5, 5.41) is 2.87. The Morgan fingerprint density at radius 2 is 1.96 bits per heavy atom.